The van der Waals surface area contributed by atoms with Gasteiger partial charge in [0.05, 0.1) is 6.61 Å². The van der Waals surface area contributed by atoms with Crippen LogP contribution in [0.4, 0.5) is 5.00 Å². The quantitative estimate of drug-likeness (QED) is 0.824. The molecule has 0 atom stereocenters. The third kappa shape index (κ3) is 3.40. The van der Waals surface area contributed by atoms with Crippen molar-refractivity contribution in [2.75, 3.05) is 25.5 Å². The summed E-state index contributed by atoms with van der Waals surface area (Å²) >= 11 is 1.39. The standard InChI is InChI=1S/C12H22N4OS/c1-13-12-11(14-15-18-12)9-16(7-8-17)10-5-3-2-4-6-10/h10,13,17H,2-9H2,1H3. The fourth-order valence-electron chi connectivity index (χ4n) is 2.66. The molecule has 1 aromatic rings. The molecule has 0 spiro atoms. The molecule has 0 saturated heterocycles. The van der Waals surface area contributed by atoms with Gasteiger partial charge in [-0.1, -0.05) is 23.8 Å². The molecule has 0 unspecified atom stereocenters. The minimum Gasteiger partial charge on any atom is -0.395 e. The van der Waals surface area contributed by atoms with Crippen molar-refractivity contribution in [3.8, 4) is 0 Å². The van der Waals surface area contributed by atoms with E-state index in [1.54, 1.807) is 0 Å². The highest BCUT2D eigenvalue weighted by molar-refractivity contribution is 7.10. The van der Waals surface area contributed by atoms with E-state index in [4.69, 9.17) is 0 Å². The molecule has 2 N–H and O–H groups in total. The molecule has 2 rings (SSSR count). The Kier molecular flexibility index (Phi) is 5.34. The van der Waals surface area contributed by atoms with Crippen molar-refractivity contribution in [3.05, 3.63) is 5.69 Å². The van der Waals surface area contributed by atoms with E-state index < -0.39 is 0 Å². The lowest BCUT2D eigenvalue weighted by Crippen LogP contribution is -2.38. The molecule has 1 saturated carbocycles. The molecule has 0 aliphatic heterocycles. The molecule has 1 fully saturated rings. The van der Waals surface area contributed by atoms with Gasteiger partial charge in [-0.3, -0.25) is 4.90 Å². The van der Waals surface area contributed by atoms with Crippen molar-refractivity contribution >= 4 is 16.5 Å². The SMILES string of the molecule is CNc1snnc1CN(CCO)C1CCCCC1. The Labute approximate surface area is 112 Å². The molecule has 1 heterocycles. The van der Waals surface area contributed by atoms with E-state index in [-0.39, 0.29) is 6.61 Å². The number of rotatable bonds is 6. The fourth-order valence-corrected chi connectivity index (χ4v) is 3.18. The minimum absolute atomic E-state index is 0.211. The van der Waals surface area contributed by atoms with Crippen molar-refractivity contribution in [1.29, 1.82) is 0 Å². The van der Waals surface area contributed by atoms with Crippen LogP contribution in [0.15, 0.2) is 0 Å². The summed E-state index contributed by atoms with van der Waals surface area (Å²) in [6.45, 7) is 1.73. The summed E-state index contributed by atoms with van der Waals surface area (Å²) < 4.78 is 3.99. The van der Waals surface area contributed by atoms with Gasteiger partial charge in [-0.05, 0) is 12.8 Å². The molecule has 6 heteroatoms. The average Bonchev–Trinajstić information content (AvgIpc) is 2.86. The summed E-state index contributed by atoms with van der Waals surface area (Å²) in [5, 5.41) is 17.6. The lowest BCUT2D eigenvalue weighted by Gasteiger charge is -2.33. The number of nitrogens with zero attached hydrogens (tertiary/aromatic N) is 3. The van der Waals surface area contributed by atoms with E-state index in [2.05, 4.69) is 19.8 Å². The second-order valence-corrected chi connectivity index (χ2v) is 5.54. The van der Waals surface area contributed by atoms with E-state index in [1.165, 1.54) is 43.6 Å². The van der Waals surface area contributed by atoms with Crippen LogP contribution in [0.2, 0.25) is 0 Å². The van der Waals surface area contributed by atoms with Crippen LogP contribution < -0.4 is 5.32 Å². The number of hydrogen-bond acceptors (Lipinski definition) is 6. The molecule has 18 heavy (non-hydrogen) atoms. The number of anilines is 1. The number of nitrogens with one attached hydrogen (secondary N) is 1. The van der Waals surface area contributed by atoms with Crippen LogP contribution >= 0.6 is 11.5 Å². The van der Waals surface area contributed by atoms with Crippen molar-refractivity contribution in [2.24, 2.45) is 0 Å². The molecule has 0 radical (unpaired) electrons. The van der Waals surface area contributed by atoms with Crippen molar-refractivity contribution in [3.63, 3.8) is 0 Å². The van der Waals surface area contributed by atoms with Crippen molar-refractivity contribution < 1.29 is 5.11 Å². The van der Waals surface area contributed by atoms with Gasteiger partial charge >= 0.3 is 0 Å². The predicted octanol–water partition coefficient (Wildman–Crippen LogP) is 1.71. The van der Waals surface area contributed by atoms with E-state index in [1.807, 2.05) is 7.05 Å². The van der Waals surface area contributed by atoms with Gasteiger partial charge in [-0.25, -0.2) is 0 Å². The van der Waals surface area contributed by atoms with Crippen LogP contribution in [0.1, 0.15) is 37.8 Å². The first kappa shape index (κ1) is 13.7. The zero-order valence-corrected chi connectivity index (χ0v) is 11.7. The summed E-state index contributed by atoms with van der Waals surface area (Å²) in [6, 6.07) is 0.595. The molecule has 1 aliphatic carbocycles. The third-order valence-electron chi connectivity index (χ3n) is 3.61. The molecule has 1 aromatic heterocycles. The maximum Gasteiger partial charge on any atom is 0.134 e. The first-order valence-electron chi connectivity index (χ1n) is 6.69. The smallest absolute Gasteiger partial charge is 0.134 e. The maximum atomic E-state index is 9.23. The Bertz CT molecular complexity index is 352. The highest BCUT2D eigenvalue weighted by Crippen LogP contribution is 2.25. The maximum absolute atomic E-state index is 9.23. The van der Waals surface area contributed by atoms with Crippen LogP contribution in [-0.2, 0) is 6.54 Å². The highest BCUT2D eigenvalue weighted by atomic mass is 32.1. The molecular weight excluding hydrogens is 248 g/mol. The summed E-state index contributed by atoms with van der Waals surface area (Å²) in [4.78, 5) is 2.36. The second kappa shape index (κ2) is 7.01. The van der Waals surface area contributed by atoms with Crippen molar-refractivity contribution in [2.45, 2.75) is 44.7 Å². The van der Waals surface area contributed by atoms with Crippen LogP contribution in [0, 0.1) is 0 Å². The fraction of sp³-hybridized carbons (Fsp3) is 0.833. The third-order valence-corrected chi connectivity index (χ3v) is 4.40. The van der Waals surface area contributed by atoms with Gasteiger partial charge in [0.2, 0.25) is 0 Å². The largest absolute Gasteiger partial charge is 0.395 e. The number of aromatic nitrogens is 2. The monoisotopic (exact) mass is 270 g/mol. The molecular formula is C12H22N4OS. The van der Waals surface area contributed by atoms with Gasteiger partial charge in [0.25, 0.3) is 0 Å². The number of aliphatic hydroxyl groups excluding tert-OH is 1. The lowest BCUT2D eigenvalue weighted by molar-refractivity contribution is 0.116. The van der Waals surface area contributed by atoms with Crippen LogP contribution in [0.25, 0.3) is 0 Å². The Morgan fingerprint density at radius 1 is 1.39 bits per heavy atom. The molecule has 0 aromatic carbocycles. The van der Waals surface area contributed by atoms with E-state index in [0.29, 0.717) is 6.04 Å². The molecule has 1 aliphatic rings. The molecule has 102 valence electrons. The zero-order valence-electron chi connectivity index (χ0n) is 10.9. The number of aliphatic hydroxyl groups is 1. The lowest BCUT2D eigenvalue weighted by atomic mass is 9.94. The molecule has 0 amide bonds. The van der Waals surface area contributed by atoms with Crippen LogP contribution in [-0.4, -0.2) is 45.8 Å². The Morgan fingerprint density at radius 2 is 2.17 bits per heavy atom. The van der Waals surface area contributed by atoms with Crippen LogP contribution in [0.3, 0.4) is 0 Å². The topological polar surface area (TPSA) is 61.3 Å². The van der Waals surface area contributed by atoms with Crippen LogP contribution in [0.5, 0.6) is 0 Å². The Balaban J connectivity index is 2.00. The first-order chi connectivity index (χ1) is 8.85. The van der Waals surface area contributed by atoms with E-state index >= 15 is 0 Å². The van der Waals surface area contributed by atoms with Crippen molar-refractivity contribution in [1.82, 2.24) is 14.5 Å². The van der Waals surface area contributed by atoms with Gasteiger partial charge < -0.3 is 10.4 Å². The van der Waals surface area contributed by atoms with E-state index in [9.17, 15) is 5.11 Å². The average molecular weight is 270 g/mol. The van der Waals surface area contributed by atoms with E-state index in [0.717, 1.165) is 23.8 Å². The summed E-state index contributed by atoms with van der Waals surface area (Å²) in [7, 11) is 1.90. The highest BCUT2D eigenvalue weighted by Gasteiger charge is 2.22. The summed E-state index contributed by atoms with van der Waals surface area (Å²) in [6.07, 6.45) is 6.45. The normalized spacial score (nSPS) is 17.3. The second-order valence-electron chi connectivity index (χ2n) is 4.78. The van der Waals surface area contributed by atoms with Gasteiger partial charge in [0, 0.05) is 37.7 Å². The first-order valence-corrected chi connectivity index (χ1v) is 7.46. The van der Waals surface area contributed by atoms with Gasteiger partial charge in [0.15, 0.2) is 0 Å². The zero-order chi connectivity index (χ0) is 12.8. The number of hydrogen-bond donors (Lipinski definition) is 2. The van der Waals surface area contributed by atoms with Gasteiger partial charge in [-0.2, -0.15) is 0 Å². The predicted molar refractivity (Wildman–Crippen MR) is 73.8 cm³/mol. The Morgan fingerprint density at radius 3 is 2.83 bits per heavy atom. The van der Waals surface area contributed by atoms with Gasteiger partial charge in [-0.15, -0.1) is 5.10 Å². The summed E-state index contributed by atoms with van der Waals surface area (Å²) in [5.74, 6) is 0. The Hall–Kier alpha value is -0.720. The van der Waals surface area contributed by atoms with Gasteiger partial charge in [0.1, 0.15) is 10.7 Å². The molecule has 0 bridgehead atoms. The molecule has 5 nitrogen and oxygen atoms in total. The minimum atomic E-state index is 0.211. The summed E-state index contributed by atoms with van der Waals surface area (Å²) in [5.41, 5.74) is 1.00.